The molecule has 0 radical (unpaired) electrons. The lowest BCUT2D eigenvalue weighted by Crippen LogP contribution is -2.28. The van der Waals surface area contributed by atoms with Crippen molar-refractivity contribution in [2.24, 2.45) is 0 Å². The second-order valence-corrected chi connectivity index (χ2v) is 5.45. The Morgan fingerprint density at radius 2 is 2.05 bits per heavy atom. The Hall–Kier alpha value is -2.45. The van der Waals surface area contributed by atoms with Crippen LogP contribution in [0, 0.1) is 11.8 Å². The fourth-order valence-electron chi connectivity index (χ4n) is 1.74. The molecule has 5 heteroatoms. The SMILES string of the molecule is CN(C)c1ccccc1C#CCNC(=O)Nc1cccs1. The Morgan fingerprint density at radius 3 is 2.76 bits per heavy atom. The highest BCUT2D eigenvalue weighted by Gasteiger charge is 2.01. The van der Waals surface area contributed by atoms with Gasteiger partial charge in [-0.1, -0.05) is 24.0 Å². The molecule has 2 N–H and O–H groups in total. The monoisotopic (exact) mass is 299 g/mol. The van der Waals surface area contributed by atoms with Crippen molar-refractivity contribution in [2.75, 3.05) is 30.9 Å². The lowest BCUT2D eigenvalue weighted by atomic mass is 10.1. The Kier molecular flexibility index (Phi) is 5.24. The molecule has 0 bridgehead atoms. The van der Waals surface area contributed by atoms with Crippen LogP contribution in [-0.4, -0.2) is 26.7 Å². The van der Waals surface area contributed by atoms with Crippen LogP contribution in [0.1, 0.15) is 5.56 Å². The highest BCUT2D eigenvalue weighted by Crippen LogP contribution is 2.16. The number of urea groups is 1. The largest absolute Gasteiger partial charge is 0.377 e. The Bertz CT molecular complexity index is 654. The summed E-state index contributed by atoms with van der Waals surface area (Å²) in [4.78, 5) is 13.6. The van der Waals surface area contributed by atoms with E-state index in [9.17, 15) is 4.79 Å². The molecular formula is C16H17N3OS. The third kappa shape index (κ3) is 4.55. The van der Waals surface area contributed by atoms with Crippen molar-refractivity contribution >= 4 is 28.1 Å². The summed E-state index contributed by atoms with van der Waals surface area (Å²) in [5.41, 5.74) is 2.01. The summed E-state index contributed by atoms with van der Waals surface area (Å²) in [6, 6.07) is 11.4. The minimum Gasteiger partial charge on any atom is -0.377 e. The third-order valence-electron chi connectivity index (χ3n) is 2.70. The number of benzene rings is 1. The number of nitrogens with one attached hydrogen (secondary N) is 2. The number of para-hydroxylation sites is 1. The molecular weight excluding hydrogens is 282 g/mol. The minimum atomic E-state index is -0.243. The van der Waals surface area contributed by atoms with Crippen molar-refractivity contribution in [1.29, 1.82) is 0 Å². The first-order valence-corrected chi connectivity index (χ1v) is 7.38. The standard InChI is InChI=1S/C16H17N3OS/c1-19(2)14-9-4-3-7-13(14)8-5-11-17-16(20)18-15-10-6-12-21-15/h3-4,6-7,9-10,12H,11H2,1-2H3,(H2,17,18,20). The molecule has 4 nitrogen and oxygen atoms in total. The molecule has 108 valence electrons. The first kappa shape index (κ1) is 14.9. The topological polar surface area (TPSA) is 44.4 Å². The summed E-state index contributed by atoms with van der Waals surface area (Å²) < 4.78 is 0. The van der Waals surface area contributed by atoms with Crippen molar-refractivity contribution < 1.29 is 4.79 Å². The third-order valence-corrected chi connectivity index (χ3v) is 3.49. The number of hydrogen-bond donors (Lipinski definition) is 2. The van der Waals surface area contributed by atoms with Crippen molar-refractivity contribution in [3.05, 3.63) is 47.3 Å². The smallest absolute Gasteiger partial charge is 0.320 e. The van der Waals surface area contributed by atoms with E-state index < -0.39 is 0 Å². The van der Waals surface area contributed by atoms with Crippen LogP contribution in [0.5, 0.6) is 0 Å². The average Bonchev–Trinajstić information content (AvgIpc) is 2.96. The van der Waals surface area contributed by atoms with Gasteiger partial charge in [0.15, 0.2) is 0 Å². The van der Waals surface area contributed by atoms with E-state index in [4.69, 9.17) is 0 Å². The maximum Gasteiger partial charge on any atom is 0.320 e. The molecule has 0 fully saturated rings. The zero-order valence-electron chi connectivity index (χ0n) is 12.0. The predicted molar refractivity (Wildman–Crippen MR) is 89.0 cm³/mol. The Balaban J connectivity index is 1.88. The van der Waals surface area contributed by atoms with Gasteiger partial charge in [-0.2, -0.15) is 0 Å². The quantitative estimate of drug-likeness (QED) is 0.856. The molecule has 1 aromatic heterocycles. The van der Waals surface area contributed by atoms with Crippen LogP contribution < -0.4 is 15.5 Å². The van der Waals surface area contributed by atoms with E-state index in [0.29, 0.717) is 6.54 Å². The van der Waals surface area contributed by atoms with Gasteiger partial charge in [-0.3, -0.25) is 5.32 Å². The fourth-order valence-corrected chi connectivity index (χ4v) is 2.35. The summed E-state index contributed by atoms with van der Waals surface area (Å²) >= 11 is 1.48. The van der Waals surface area contributed by atoms with E-state index >= 15 is 0 Å². The molecule has 1 aromatic carbocycles. The minimum absolute atomic E-state index is 0.243. The van der Waals surface area contributed by atoms with Crippen molar-refractivity contribution in [2.45, 2.75) is 0 Å². The Morgan fingerprint density at radius 1 is 1.24 bits per heavy atom. The van der Waals surface area contributed by atoms with Crippen LogP contribution in [0.15, 0.2) is 41.8 Å². The summed E-state index contributed by atoms with van der Waals surface area (Å²) in [7, 11) is 3.96. The van der Waals surface area contributed by atoms with Gasteiger partial charge in [0.1, 0.15) is 0 Å². The highest BCUT2D eigenvalue weighted by atomic mass is 32.1. The van der Waals surface area contributed by atoms with Gasteiger partial charge in [-0.25, -0.2) is 4.79 Å². The molecule has 0 aliphatic heterocycles. The van der Waals surface area contributed by atoms with Crippen LogP contribution in [-0.2, 0) is 0 Å². The molecule has 0 aliphatic carbocycles. The molecule has 1 heterocycles. The molecule has 0 atom stereocenters. The van der Waals surface area contributed by atoms with E-state index in [2.05, 4.69) is 22.5 Å². The molecule has 0 unspecified atom stereocenters. The second kappa shape index (κ2) is 7.36. The Labute approximate surface area is 128 Å². The van der Waals surface area contributed by atoms with Crippen LogP contribution in [0.25, 0.3) is 0 Å². The molecule has 0 saturated carbocycles. The van der Waals surface area contributed by atoms with E-state index in [0.717, 1.165) is 16.3 Å². The van der Waals surface area contributed by atoms with Crippen molar-refractivity contribution in [3.63, 3.8) is 0 Å². The van der Waals surface area contributed by atoms with Crippen LogP contribution >= 0.6 is 11.3 Å². The van der Waals surface area contributed by atoms with E-state index in [1.165, 1.54) is 11.3 Å². The number of thiophene rings is 1. The highest BCUT2D eigenvalue weighted by molar-refractivity contribution is 7.14. The average molecular weight is 299 g/mol. The van der Waals surface area contributed by atoms with Gasteiger partial charge in [0.25, 0.3) is 0 Å². The van der Waals surface area contributed by atoms with Crippen molar-refractivity contribution in [3.8, 4) is 11.8 Å². The first-order valence-electron chi connectivity index (χ1n) is 6.50. The summed E-state index contributed by atoms with van der Waals surface area (Å²) in [5.74, 6) is 6.04. The number of rotatable bonds is 3. The fraction of sp³-hybridized carbons (Fsp3) is 0.188. The van der Waals surface area contributed by atoms with E-state index in [-0.39, 0.29) is 6.03 Å². The number of carbonyl (C=O) groups excluding carboxylic acids is 1. The van der Waals surface area contributed by atoms with Crippen LogP contribution in [0.2, 0.25) is 0 Å². The lowest BCUT2D eigenvalue weighted by molar-refractivity contribution is 0.253. The van der Waals surface area contributed by atoms with Crippen LogP contribution in [0.4, 0.5) is 15.5 Å². The summed E-state index contributed by atoms with van der Waals surface area (Å²) in [6.07, 6.45) is 0. The number of hydrogen-bond acceptors (Lipinski definition) is 3. The van der Waals surface area contributed by atoms with Gasteiger partial charge < -0.3 is 10.2 Å². The van der Waals surface area contributed by atoms with Gasteiger partial charge in [-0.15, -0.1) is 11.3 Å². The zero-order valence-corrected chi connectivity index (χ0v) is 12.8. The second-order valence-electron chi connectivity index (χ2n) is 4.50. The van der Waals surface area contributed by atoms with Crippen LogP contribution in [0.3, 0.4) is 0 Å². The molecule has 21 heavy (non-hydrogen) atoms. The maximum absolute atomic E-state index is 11.6. The number of nitrogens with zero attached hydrogens (tertiary/aromatic N) is 1. The van der Waals surface area contributed by atoms with Gasteiger partial charge in [0.2, 0.25) is 0 Å². The van der Waals surface area contributed by atoms with Gasteiger partial charge in [0, 0.05) is 19.7 Å². The summed E-state index contributed by atoms with van der Waals surface area (Å²) in [6.45, 7) is 0.305. The molecule has 2 aromatic rings. The molecule has 2 amide bonds. The molecule has 2 rings (SSSR count). The van der Waals surface area contributed by atoms with E-state index in [1.54, 1.807) is 0 Å². The zero-order chi connectivity index (χ0) is 15.1. The van der Waals surface area contributed by atoms with E-state index in [1.807, 2.05) is 60.8 Å². The summed E-state index contributed by atoms with van der Waals surface area (Å²) in [5, 5.41) is 8.18. The molecule has 0 spiro atoms. The first-order chi connectivity index (χ1) is 10.2. The van der Waals surface area contributed by atoms with Gasteiger partial charge in [0.05, 0.1) is 17.2 Å². The number of anilines is 2. The predicted octanol–water partition coefficient (Wildman–Crippen LogP) is 2.99. The maximum atomic E-state index is 11.6. The number of carbonyl (C=O) groups is 1. The lowest BCUT2D eigenvalue weighted by Gasteiger charge is -2.13. The van der Waals surface area contributed by atoms with Gasteiger partial charge >= 0.3 is 6.03 Å². The number of amides is 2. The normalized spacial score (nSPS) is 9.43. The van der Waals surface area contributed by atoms with Gasteiger partial charge in [-0.05, 0) is 29.6 Å². The molecule has 0 saturated heterocycles. The van der Waals surface area contributed by atoms with Crippen molar-refractivity contribution in [1.82, 2.24) is 5.32 Å². The molecule has 0 aliphatic rings.